The molecule has 0 aliphatic heterocycles. The molecule has 0 amide bonds. The van der Waals surface area contributed by atoms with E-state index in [-0.39, 0.29) is 35.3 Å². The highest BCUT2D eigenvalue weighted by atomic mass is 19.4. The molecule has 0 aliphatic rings. The highest BCUT2D eigenvalue weighted by molar-refractivity contribution is 5.87. The first-order valence-electron chi connectivity index (χ1n) is 17.1. The van der Waals surface area contributed by atoms with Crippen molar-refractivity contribution in [1.82, 2.24) is 0 Å². The van der Waals surface area contributed by atoms with Gasteiger partial charge in [0.1, 0.15) is 24.2 Å². The Balaban J connectivity index is 0.000000337. The molecule has 58 heavy (non-hydrogen) atoms. The van der Waals surface area contributed by atoms with Crippen molar-refractivity contribution in [3.63, 3.8) is 0 Å². The molecule has 0 saturated carbocycles. The minimum absolute atomic E-state index is 0.00932. The van der Waals surface area contributed by atoms with Gasteiger partial charge in [-0.15, -0.1) is 0 Å². The Kier molecular flexibility index (Phi) is 17.1. The number of carboxylic acids is 2. The van der Waals surface area contributed by atoms with Gasteiger partial charge in [0, 0.05) is 22.3 Å². The number of carbonyl (C=O) groups excluding carboxylic acids is 2. The van der Waals surface area contributed by atoms with Crippen LogP contribution < -0.4 is 20.8 Å². The average molecular weight is 839 g/mol. The lowest BCUT2D eigenvalue weighted by molar-refractivity contribution is -0.728. The van der Waals surface area contributed by atoms with E-state index in [4.69, 9.17) is 0 Å². The highest BCUT2D eigenvalue weighted by Gasteiger charge is 2.39. The number of alkyl halides is 12. The van der Waals surface area contributed by atoms with E-state index >= 15 is 0 Å². The van der Waals surface area contributed by atoms with Crippen molar-refractivity contribution in [2.75, 3.05) is 0 Å². The summed E-state index contributed by atoms with van der Waals surface area (Å²) in [5.74, 6) is -3.09. The quantitative estimate of drug-likeness (QED) is 0.129. The zero-order valence-corrected chi connectivity index (χ0v) is 31.0. The van der Waals surface area contributed by atoms with E-state index in [1.807, 2.05) is 74.5 Å². The zero-order valence-electron chi connectivity index (χ0n) is 31.0. The Hall–Kier alpha value is -5.36. The molecule has 4 unspecified atom stereocenters. The van der Waals surface area contributed by atoms with Crippen LogP contribution in [0.5, 0.6) is 0 Å². The van der Waals surface area contributed by atoms with Crippen LogP contribution in [0.4, 0.5) is 52.7 Å². The third kappa shape index (κ3) is 16.2. The molecule has 6 nitrogen and oxygen atoms in total. The summed E-state index contributed by atoms with van der Waals surface area (Å²) < 4.78 is 155. The zero-order chi connectivity index (χ0) is 44.2. The standard InChI is InChI=1S/2C18H17F6N.C4H4O4/c2*1-11(13-6-4-3-5-7-13)25-12(2)14-8-15(17(19,20)21)10-16(9-14)18(22,23)24;5-3(6)1-2-4(7)8/h2*3-12,25H,1-2H3;1-2H,(H,5,6)(H,7,8). The molecule has 0 radical (unpaired) electrons. The molecule has 0 heterocycles. The molecule has 0 saturated heterocycles. The first-order valence-corrected chi connectivity index (χ1v) is 17.1. The Bertz CT molecular complexity index is 1760. The molecular formula is C40H38F12N2O4. The number of rotatable bonds is 10. The van der Waals surface area contributed by atoms with Crippen molar-refractivity contribution >= 4 is 11.9 Å². The number of hydrogen-bond donors (Lipinski definition) is 2. The maximum absolute atomic E-state index is 12.9. The van der Waals surface area contributed by atoms with Crippen LogP contribution in [-0.4, -0.2) is 11.9 Å². The lowest BCUT2D eigenvalue weighted by Gasteiger charge is -2.20. The fraction of sp³-hybridized carbons (Fsp3) is 0.300. The largest absolute Gasteiger partial charge is 0.545 e. The molecular weight excluding hydrogens is 800 g/mol. The van der Waals surface area contributed by atoms with Crippen molar-refractivity contribution in [2.24, 2.45) is 0 Å². The number of carbonyl (C=O) groups is 2. The number of quaternary nitrogens is 2. The van der Waals surface area contributed by atoms with Gasteiger partial charge < -0.3 is 30.4 Å². The average Bonchev–Trinajstić information content (AvgIpc) is 3.13. The normalized spacial score (nSPS) is 14.3. The number of hydrogen-bond acceptors (Lipinski definition) is 4. The van der Waals surface area contributed by atoms with Gasteiger partial charge in [0.15, 0.2) is 0 Å². The van der Waals surface area contributed by atoms with Gasteiger partial charge in [-0.3, -0.25) is 0 Å². The molecule has 316 valence electrons. The lowest BCUT2D eigenvalue weighted by atomic mass is 9.99. The minimum atomic E-state index is -4.83. The van der Waals surface area contributed by atoms with Gasteiger partial charge >= 0.3 is 24.7 Å². The molecule has 18 heteroatoms. The Labute approximate surface area is 325 Å². The summed E-state index contributed by atoms with van der Waals surface area (Å²) in [6.45, 7) is 6.89. The summed E-state index contributed by atoms with van der Waals surface area (Å²) in [7, 11) is 0. The van der Waals surface area contributed by atoms with Crippen LogP contribution in [0, 0.1) is 0 Å². The maximum Gasteiger partial charge on any atom is 0.416 e. The minimum Gasteiger partial charge on any atom is -0.545 e. The SMILES string of the molecule is CC([NH2+]C(C)c1cc(C(F)(F)F)cc(C(F)(F)F)c1)c1ccccc1.CC([NH2+]C(C)c1cc(C(F)(F)F)cc(C(F)(F)F)c1)c1ccccc1.O=C([O-])C=CC(=O)[O-]. The monoisotopic (exact) mass is 838 g/mol. The van der Waals surface area contributed by atoms with Crippen molar-refractivity contribution in [1.29, 1.82) is 0 Å². The topological polar surface area (TPSA) is 113 Å². The van der Waals surface area contributed by atoms with Gasteiger partial charge in [-0.1, -0.05) is 60.7 Å². The Morgan fingerprint density at radius 3 is 0.862 bits per heavy atom. The summed E-state index contributed by atoms with van der Waals surface area (Å²) in [4.78, 5) is 18.8. The molecule has 4 aromatic rings. The van der Waals surface area contributed by atoms with E-state index in [1.165, 1.54) is 0 Å². The molecule has 0 aromatic heterocycles. The number of benzene rings is 4. The molecule has 0 spiro atoms. The van der Waals surface area contributed by atoms with Crippen LogP contribution >= 0.6 is 0 Å². The molecule has 4 rings (SSSR count). The van der Waals surface area contributed by atoms with Gasteiger partial charge in [-0.2, -0.15) is 52.7 Å². The van der Waals surface area contributed by atoms with E-state index in [2.05, 4.69) is 0 Å². The summed E-state index contributed by atoms with van der Waals surface area (Å²) >= 11 is 0. The maximum atomic E-state index is 12.9. The second-order valence-corrected chi connectivity index (χ2v) is 13.0. The second-order valence-electron chi connectivity index (χ2n) is 13.0. The molecule has 0 fully saturated rings. The molecule has 4 N–H and O–H groups in total. The van der Waals surface area contributed by atoms with Crippen LogP contribution in [0.3, 0.4) is 0 Å². The highest BCUT2D eigenvalue weighted by Crippen LogP contribution is 2.38. The van der Waals surface area contributed by atoms with Gasteiger partial charge in [-0.05, 0) is 76.2 Å². The van der Waals surface area contributed by atoms with Crippen LogP contribution in [-0.2, 0) is 34.3 Å². The number of halogens is 12. The number of nitrogens with two attached hydrogens (primary N) is 2. The van der Waals surface area contributed by atoms with Gasteiger partial charge in [0.2, 0.25) is 0 Å². The first kappa shape index (κ1) is 48.8. The van der Waals surface area contributed by atoms with E-state index in [1.54, 1.807) is 24.5 Å². The van der Waals surface area contributed by atoms with Gasteiger partial charge in [0.25, 0.3) is 0 Å². The summed E-state index contributed by atoms with van der Waals surface area (Å²) in [5.41, 5.74) is -3.28. The fourth-order valence-electron chi connectivity index (χ4n) is 5.44. The lowest BCUT2D eigenvalue weighted by Crippen LogP contribution is -2.85. The van der Waals surface area contributed by atoms with Gasteiger partial charge in [0.05, 0.1) is 34.2 Å². The summed E-state index contributed by atoms with van der Waals surface area (Å²) in [6, 6.07) is 20.5. The molecule has 4 aromatic carbocycles. The summed E-state index contributed by atoms with van der Waals surface area (Å²) in [5, 5.41) is 22.3. The van der Waals surface area contributed by atoms with Crippen molar-refractivity contribution in [2.45, 2.75) is 76.6 Å². The third-order valence-electron chi connectivity index (χ3n) is 8.43. The van der Waals surface area contributed by atoms with Crippen molar-refractivity contribution in [3.8, 4) is 0 Å². The molecule has 0 aliphatic carbocycles. The molecule has 4 atom stereocenters. The van der Waals surface area contributed by atoms with E-state index in [0.29, 0.717) is 12.2 Å². The van der Waals surface area contributed by atoms with Crippen LogP contribution in [0.15, 0.2) is 109 Å². The smallest absolute Gasteiger partial charge is 0.416 e. The predicted octanol–water partition coefficient (Wildman–Crippen LogP) is 7.26. The van der Waals surface area contributed by atoms with Crippen LogP contribution in [0.25, 0.3) is 0 Å². The third-order valence-corrected chi connectivity index (χ3v) is 8.43. The van der Waals surface area contributed by atoms with E-state index < -0.39 is 71.0 Å². The number of carboxylic acid groups (broad SMARTS) is 2. The van der Waals surface area contributed by atoms with E-state index in [0.717, 1.165) is 35.4 Å². The Morgan fingerprint density at radius 2 is 0.655 bits per heavy atom. The fourth-order valence-corrected chi connectivity index (χ4v) is 5.44. The summed E-state index contributed by atoms with van der Waals surface area (Å²) in [6.07, 6.45) is -18.6. The molecule has 0 bridgehead atoms. The second kappa shape index (κ2) is 20.4. The van der Waals surface area contributed by atoms with Crippen LogP contribution in [0.1, 0.15) is 96.4 Å². The van der Waals surface area contributed by atoms with E-state index in [9.17, 15) is 72.5 Å². The van der Waals surface area contributed by atoms with Crippen molar-refractivity contribution in [3.05, 3.63) is 154 Å². The number of aliphatic carboxylic acids is 2. The first-order chi connectivity index (χ1) is 26.6. The predicted molar refractivity (Wildman–Crippen MR) is 182 cm³/mol. The van der Waals surface area contributed by atoms with Crippen molar-refractivity contribution < 1.29 is 83.1 Å². The van der Waals surface area contributed by atoms with Gasteiger partial charge in [-0.25, -0.2) is 0 Å². The Morgan fingerprint density at radius 1 is 0.431 bits per heavy atom. The van der Waals surface area contributed by atoms with Crippen LogP contribution in [0.2, 0.25) is 0 Å².